The molecule has 0 saturated carbocycles. The van der Waals surface area contributed by atoms with Crippen molar-refractivity contribution in [3.63, 3.8) is 0 Å². The van der Waals surface area contributed by atoms with Gasteiger partial charge in [0.25, 0.3) is 0 Å². The first-order valence-corrected chi connectivity index (χ1v) is 7.28. The molecule has 0 radical (unpaired) electrons. The number of furan rings is 1. The molecule has 3 nitrogen and oxygen atoms in total. The molecular weight excluding hydrogens is 250 g/mol. The number of rotatable bonds is 4. The summed E-state index contributed by atoms with van der Waals surface area (Å²) in [5, 5.41) is 10.2. The molecule has 20 heavy (non-hydrogen) atoms. The minimum Gasteiger partial charge on any atom is -0.469 e. The Kier molecular flexibility index (Phi) is 4.19. The van der Waals surface area contributed by atoms with Crippen molar-refractivity contribution in [1.29, 1.82) is 0 Å². The summed E-state index contributed by atoms with van der Waals surface area (Å²) in [5.74, 6) is 1.23. The lowest BCUT2D eigenvalue weighted by Gasteiger charge is -2.36. The average molecular weight is 271 g/mol. The van der Waals surface area contributed by atoms with Crippen molar-refractivity contribution in [2.24, 2.45) is 5.92 Å². The molecule has 2 atom stereocenters. The van der Waals surface area contributed by atoms with Crippen LogP contribution in [-0.4, -0.2) is 29.2 Å². The lowest BCUT2D eigenvalue weighted by atomic mass is 9.90. The Bertz CT molecular complexity index is 509. The standard InChI is InChI=1S/C17H21NO2/c19-17-8-9-18(12-14-5-2-1-3-6-14)13-15(17)11-16-7-4-10-20-16/h1-7,10,15,17,19H,8-9,11-13H2. The van der Waals surface area contributed by atoms with Gasteiger partial charge in [-0.05, 0) is 24.1 Å². The summed E-state index contributed by atoms with van der Waals surface area (Å²) < 4.78 is 5.41. The van der Waals surface area contributed by atoms with E-state index < -0.39 is 0 Å². The van der Waals surface area contributed by atoms with Crippen LogP contribution in [0.1, 0.15) is 17.7 Å². The van der Waals surface area contributed by atoms with Crippen molar-refractivity contribution in [1.82, 2.24) is 4.90 Å². The number of nitrogens with zero attached hydrogens (tertiary/aromatic N) is 1. The Morgan fingerprint density at radius 3 is 2.75 bits per heavy atom. The third-order valence-corrected chi connectivity index (χ3v) is 4.07. The molecule has 0 bridgehead atoms. The predicted molar refractivity (Wildman–Crippen MR) is 78.2 cm³/mol. The first-order chi connectivity index (χ1) is 9.81. The lowest BCUT2D eigenvalue weighted by molar-refractivity contribution is 0.0218. The second kappa shape index (κ2) is 6.25. The van der Waals surface area contributed by atoms with Gasteiger partial charge in [-0.15, -0.1) is 0 Å². The molecule has 1 aliphatic heterocycles. The number of piperidine rings is 1. The summed E-state index contributed by atoms with van der Waals surface area (Å²) >= 11 is 0. The summed E-state index contributed by atoms with van der Waals surface area (Å²) in [6, 6.07) is 14.4. The van der Waals surface area contributed by atoms with Gasteiger partial charge in [-0.1, -0.05) is 30.3 Å². The van der Waals surface area contributed by atoms with E-state index in [1.807, 2.05) is 18.2 Å². The predicted octanol–water partition coefficient (Wildman–Crippen LogP) is 2.71. The molecule has 3 rings (SSSR count). The Morgan fingerprint density at radius 1 is 1.15 bits per heavy atom. The number of hydrogen-bond acceptors (Lipinski definition) is 3. The first kappa shape index (κ1) is 13.4. The van der Waals surface area contributed by atoms with Gasteiger partial charge in [0.05, 0.1) is 12.4 Å². The van der Waals surface area contributed by atoms with E-state index in [0.29, 0.717) is 0 Å². The third kappa shape index (κ3) is 3.30. The van der Waals surface area contributed by atoms with Crippen molar-refractivity contribution in [2.75, 3.05) is 13.1 Å². The summed E-state index contributed by atoms with van der Waals surface area (Å²) in [6.07, 6.45) is 3.15. The molecule has 2 aromatic rings. The monoisotopic (exact) mass is 271 g/mol. The van der Waals surface area contributed by atoms with E-state index in [2.05, 4.69) is 29.2 Å². The molecule has 2 unspecified atom stereocenters. The fourth-order valence-corrected chi connectivity index (χ4v) is 2.97. The molecule has 0 amide bonds. The second-order valence-electron chi connectivity index (χ2n) is 5.62. The summed E-state index contributed by atoms with van der Waals surface area (Å²) in [4.78, 5) is 2.43. The van der Waals surface area contributed by atoms with Crippen LogP contribution >= 0.6 is 0 Å². The van der Waals surface area contributed by atoms with Gasteiger partial charge in [0, 0.05) is 32.0 Å². The summed E-state index contributed by atoms with van der Waals surface area (Å²) in [7, 11) is 0. The van der Waals surface area contributed by atoms with Crippen molar-refractivity contribution in [3.8, 4) is 0 Å². The smallest absolute Gasteiger partial charge is 0.104 e. The third-order valence-electron chi connectivity index (χ3n) is 4.07. The minimum atomic E-state index is -0.216. The van der Waals surface area contributed by atoms with Crippen LogP contribution in [0, 0.1) is 5.92 Å². The van der Waals surface area contributed by atoms with Gasteiger partial charge in [-0.3, -0.25) is 4.90 Å². The van der Waals surface area contributed by atoms with Gasteiger partial charge in [0.15, 0.2) is 0 Å². The van der Waals surface area contributed by atoms with E-state index in [1.54, 1.807) is 6.26 Å². The molecule has 106 valence electrons. The molecular formula is C17H21NO2. The van der Waals surface area contributed by atoms with Crippen molar-refractivity contribution in [2.45, 2.75) is 25.5 Å². The van der Waals surface area contributed by atoms with E-state index in [0.717, 1.165) is 38.2 Å². The molecule has 1 N–H and O–H groups in total. The van der Waals surface area contributed by atoms with Gasteiger partial charge in [-0.25, -0.2) is 0 Å². The fourth-order valence-electron chi connectivity index (χ4n) is 2.97. The maximum absolute atomic E-state index is 10.2. The molecule has 1 fully saturated rings. The highest BCUT2D eigenvalue weighted by Gasteiger charge is 2.28. The van der Waals surface area contributed by atoms with Gasteiger partial charge >= 0.3 is 0 Å². The topological polar surface area (TPSA) is 36.6 Å². The lowest BCUT2D eigenvalue weighted by Crippen LogP contribution is -2.43. The molecule has 2 heterocycles. The van der Waals surface area contributed by atoms with E-state index >= 15 is 0 Å². The van der Waals surface area contributed by atoms with Crippen molar-refractivity contribution >= 4 is 0 Å². The highest BCUT2D eigenvalue weighted by Crippen LogP contribution is 2.23. The Morgan fingerprint density at radius 2 is 2.00 bits per heavy atom. The first-order valence-electron chi connectivity index (χ1n) is 7.28. The zero-order valence-corrected chi connectivity index (χ0v) is 11.6. The van der Waals surface area contributed by atoms with Crippen LogP contribution in [0.25, 0.3) is 0 Å². The van der Waals surface area contributed by atoms with E-state index in [1.165, 1.54) is 5.56 Å². The number of benzene rings is 1. The van der Waals surface area contributed by atoms with Gasteiger partial charge in [0.2, 0.25) is 0 Å². The van der Waals surface area contributed by atoms with Crippen molar-refractivity contribution < 1.29 is 9.52 Å². The van der Waals surface area contributed by atoms with Crippen molar-refractivity contribution in [3.05, 3.63) is 60.1 Å². The van der Waals surface area contributed by atoms with Gasteiger partial charge in [0.1, 0.15) is 5.76 Å². The SMILES string of the molecule is OC1CCN(Cc2ccccc2)CC1Cc1ccco1. The molecule has 1 aromatic heterocycles. The molecule has 1 aliphatic rings. The van der Waals surface area contributed by atoms with Gasteiger partial charge < -0.3 is 9.52 Å². The highest BCUT2D eigenvalue weighted by molar-refractivity contribution is 5.14. The van der Waals surface area contributed by atoms with E-state index in [-0.39, 0.29) is 12.0 Å². The average Bonchev–Trinajstić information content (AvgIpc) is 2.97. The molecule has 0 aliphatic carbocycles. The van der Waals surface area contributed by atoms with Crippen LogP contribution in [0.3, 0.4) is 0 Å². The molecule has 1 aromatic carbocycles. The zero-order valence-electron chi connectivity index (χ0n) is 11.6. The van der Waals surface area contributed by atoms with E-state index in [4.69, 9.17) is 4.42 Å². The fraction of sp³-hybridized carbons (Fsp3) is 0.412. The van der Waals surface area contributed by atoms with Crippen LogP contribution in [0.5, 0.6) is 0 Å². The zero-order chi connectivity index (χ0) is 13.8. The van der Waals surface area contributed by atoms with Crippen LogP contribution in [-0.2, 0) is 13.0 Å². The number of aliphatic hydroxyl groups excluding tert-OH is 1. The largest absolute Gasteiger partial charge is 0.469 e. The molecule has 1 saturated heterocycles. The molecule has 0 spiro atoms. The summed E-state index contributed by atoms with van der Waals surface area (Å²) in [6.45, 7) is 2.85. The Hall–Kier alpha value is -1.58. The Balaban J connectivity index is 1.61. The van der Waals surface area contributed by atoms with Gasteiger partial charge in [-0.2, -0.15) is 0 Å². The number of hydrogen-bond donors (Lipinski definition) is 1. The second-order valence-corrected chi connectivity index (χ2v) is 5.62. The van der Waals surface area contributed by atoms with Crippen LogP contribution in [0.2, 0.25) is 0 Å². The highest BCUT2D eigenvalue weighted by atomic mass is 16.3. The number of likely N-dealkylation sites (tertiary alicyclic amines) is 1. The minimum absolute atomic E-state index is 0.216. The van der Waals surface area contributed by atoms with E-state index in [9.17, 15) is 5.11 Å². The number of aliphatic hydroxyl groups is 1. The van der Waals surface area contributed by atoms with Crippen LogP contribution < -0.4 is 0 Å². The van der Waals surface area contributed by atoms with Crippen LogP contribution in [0.15, 0.2) is 53.1 Å². The summed E-state index contributed by atoms with van der Waals surface area (Å²) in [5.41, 5.74) is 1.33. The maximum atomic E-state index is 10.2. The normalized spacial score (nSPS) is 23.9. The maximum Gasteiger partial charge on any atom is 0.104 e. The Labute approximate surface area is 119 Å². The quantitative estimate of drug-likeness (QED) is 0.929. The van der Waals surface area contributed by atoms with Crippen LogP contribution in [0.4, 0.5) is 0 Å². The molecule has 3 heteroatoms.